The molecule has 0 bridgehead atoms. The smallest absolute Gasteiger partial charge is 0.434 e. The summed E-state index contributed by atoms with van der Waals surface area (Å²) < 4.78 is 31.0. The standard InChI is InChI=1S/C21H19ClFN3O5/c1-2-30-21(28)31-17-12-26(20-13(18(17)27)11-14(23)19(22)24-20)16-6-4-3-5-15(16)25-7-9-29-10-8-25/h3-6,11-12H,2,7-10H2,1H3. The molecule has 1 saturated heterocycles. The third kappa shape index (κ3) is 4.19. The van der Waals surface area contributed by atoms with Crippen molar-refractivity contribution in [1.82, 2.24) is 9.55 Å². The van der Waals surface area contributed by atoms with Gasteiger partial charge >= 0.3 is 6.16 Å². The molecular weight excluding hydrogens is 429 g/mol. The summed E-state index contributed by atoms with van der Waals surface area (Å²) in [4.78, 5) is 31.0. The van der Waals surface area contributed by atoms with E-state index in [-0.39, 0.29) is 28.5 Å². The van der Waals surface area contributed by atoms with Crippen molar-refractivity contribution in [3.05, 3.63) is 57.7 Å². The number of hydrogen-bond acceptors (Lipinski definition) is 7. The highest BCUT2D eigenvalue weighted by Crippen LogP contribution is 2.29. The summed E-state index contributed by atoms with van der Waals surface area (Å²) in [6.45, 7) is 4.18. The molecular formula is C21H19ClFN3O5. The van der Waals surface area contributed by atoms with Gasteiger partial charge in [0.2, 0.25) is 5.43 Å². The van der Waals surface area contributed by atoms with Crippen LogP contribution < -0.4 is 15.1 Å². The number of ether oxygens (including phenoxy) is 3. The Morgan fingerprint density at radius 3 is 2.68 bits per heavy atom. The minimum Gasteiger partial charge on any atom is -0.434 e. The molecule has 0 unspecified atom stereocenters. The second-order valence-electron chi connectivity index (χ2n) is 6.70. The first kappa shape index (κ1) is 21.1. The SMILES string of the molecule is CCOC(=O)Oc1cn(-c2ccccc2N2CCOCC2)c2nc(Cl)c(F)cc2c1=O. The van der Waals surface area contributed by atoms with Crippen LogP contribution >= 0.6 is 11.6 Å². The van der Waals surface area contributed by atoms with E-state index in [0.29, 0.717) is 32.0 Å². The van der Waals surface area contributed by atoms with Gasteiger partial charge in [-0.05, 0) is 25.1 Å². The molecule has 1 aromatic carbocycles. The number of morpholine rings is 1. The summed E-state index contributed by atoms with van der Waals surface area (Å²) >= 11 is 5.92. The summed E-state index contributed by atoms with van der Waals surface area (Å²) in [6.07, 6.45) is 0.302. The number of fused-ring (bicyclic) bond motifs is 1. The highest BCUT2D eigenvalue weighted by Gasteiger charge is 2.21. The fourth-order valence-electron chi connectivity index (χ4n) is 3.41. The number of halogens is 2. The van der Waals surface area contributed by atoms with Crippen molar-refractivity contribution in [2.24, 2.45) is 0 Å². The van der Waals surface area contributed by atoms with E-state index in [1.807, 2.05) is 24.3 Å². The lowest BCUT2D eigenvalue weighted by atomic mass is 10.2. The second-order valence-corrected chi connectivity index (χ2v) is 7.06. The summed E-state index contributed by atoms with van der Waals surface area (Å²) in [5.41, 5.74) is 0.929. The molecule has 2 aromatic heterocycles. The Balaban J connectivity index is 1.95. The predicted molar refractivity (Wildman–Crippen MR) is 113 cm³/mol. The maximum absolute atomic E-state index is 14.2. The Morgan fingerprint density at radius 1 is 1.26 bits per heavy atom. The van der Waals surface area contributed by atoms with Gasteiger partial charge in [-0.15, -0.1) is 0 Å². The molecule has 0 radical (unpaired) electrons. The van der Waals surface area contributed by atoms with Gasteiger partial charge in [-0.2, -0.15) is 0 Å². The average molecular weight is 448 g/mol. The first-order valence-corrected chi connectivity index (χ1v) is 10.1. The van der Waals surface area contributed by atoms with Gasteiger partial charge in [-0.3, -0.25) is 9.36 Å². The van der Waals surface area contributed by atoms with Crippen LogP contribution in [0.25, 0.3) is 16.7 Å². The fraction of sp³-hybridized carbons (Fsp3) is 0.286. The van der Waals surface area contributed by atoms with Gasteiger partial charge < -0.3 is 19.1 Å². The highest BCUT2D eigenvalue weighted by molar-refractivity contribution is 6.29. The molecule has 1 aliphatic rings. The summed E-state index contributed by atoms with van der Waals surface area (Å²) in [7, 11) is 0. The van der Waals surface area contributed by atoms with E-state index in [4.69, 9.17) is 25.8 Å². The molecule has 31 heavy (non-hydrogen) atoms. The third-order valence-corrected chi connectivity index (χ3v) is 5.07. The number of para-hydroxylation sites is 2. The van der Waals surface area contributed by atoms with Gasteiger partial charge in [0.1, 0.15) is 0 Å². The summed E-state index contributed by atoms with van der Waals surface area (Å²) in [5.74, 6) is -1.17. The topological polar surface area (TPSA) is 82.9 Å². The van der Waals surface area contributed by atoms with E-state index >= 15 is 0 Å². The van der Waals surface area contributed by atoms with Gasteiger partial charge in [0.15, 0.2) is 22.4 Å². The zero-order valence-corrected chi connectivity index (χ0v) is 17.4. The Kier molecular flexibility index (Phi) is 6.06. The number of carbonyl (C=O) groups excluding carboxylic acids is 1. The summed E-state index contributed by atoms with van der Waals surface area (Å²) in [6, 6.07) is 8.43. The van der Waals surface area contributed by atoms with E-state index in [9.17, 15) is 14.0 Å². The second kappa shape index (κ2) is 8.91. The van der Waals surface area contributed by atoms with E-state index in [2.05, 4.69) is 9.88 Å². The van der Waals surface area contributed by atoms with Crippen molar-refractivity contribution >= 4 is 34.5 Å². The molecule has 1 aliphatic heterocycles. The zero-order valence-electron chi connectivity index (χ0n) is 16.6. The van der Waals surface area contributed by atoms with Gasteiger partial charge in [0.25, 0.3) is 0 Å². The normalized spacial score (nSPS) is 14.0. The molecule has 162 valence electrons. The lowest BCUT2D eigenvalue weighted by Gasteiger charge is -2.31. The van der Waals surface area contributed by atoms with Crippen LogP contribution in [0.3, 0.4) is 0 Å². The first-order chi connectivity index (χ1) is 15.0. The fourth-order valence-corrected chi connectivity index (χ4v) is 3.55. The molecule has 3 aromatic rings. The van der Waals surface area contributed by atoms with Crippen molar-refractivity contribution in [2.45, 2.75) is 6.92 Å². The van der Waals surface area contributed by atoms with Crippen LogP contribution in [0.1, 0.15) is 6.92 Å². The van der Waals surface area contributed by atoms with Crippen LogP contribution in [0.5, 0.6) is 5.75 Å². The monoisotopic (exact) mass is 447 g/mol. The van der Waals surface area contributed by atoms with Gasteiger partial charge in [0, 0.05) is 13.1 Å². The van der Waals surface area contributed by atoms with Crippen LogP contribution in [0.2, 0.25) is 5.15 Å². The average Bonchev–Trinajstić information content (AvgIpc) is 2.78. The molecule has 0 amide bonds. The molecule has 10 heteroatoms. The molecule has 0 saturated carbocycles. The molecule has 0 spiro atoms. The molecule has 4 rings (SSSR count). The number of hydrogen-bond donors (Lipinski definition) is 0. The third-order valence-electron chi connectivity index (χ3n) is 4.80. The Bertz CT molecular complexity index is 1190. The minimum absolute atomic E-state index is 0.0757. The van der Waals surface area contributed by atoms with Crippen LogP contribution in [-0.2, 0) is 9.47 Å². The van der Waals surface area contributed by atoms with Gasteiger partial charge in [-0.25, -0.2) is 14.2 Å². The molecule has 8 nitrogen and oxygen atoms in total. The number of nitrogens with zero attached hydrogens (tertiary/aromatic N) is 3. The number of pyridine rings is 2. The molecule has 1 fully saturated rings. The Hall–Kier alpha value is -3.17. The number of aromatic nitrogens is 2. The van der Waals surface area contributed by atoms with E-state index < -0.39 is 17.4 Å². The minimum atomic E-state index is -1.03. The van der Waals surface area contributed by atoms with Crippen LogP contribution in [-0.4, -0.2) is 48.6 Å². The van der Waals surface area contributed by atoms with Crippen molar-refractivity contribution in [1.29, 1.82) is 0 Å². The highest BCUT2D eigenvalue weighted by atomic mass is 35.5. The van der Waals surface area contributed by atoms with Gasteiger partial charge in [0.05, 0.1) is 42.8 Å². The van der Waals surface area contributed by atoms with Crippen LogP contribution in [0.15, 0.2) is 41.3 Å². The number of carbonyl (C=O) groups is 1. The summed E-state index contributed by atoms with van der Waals surface area (Å²) in [5, 5.41) is -0.455. The number of rotatable bonds is 4. The van der Waals surface area contributed by atoms with Crippen molar-refractivity contribution in [2.75, 3.05) is 37.8 Å². The number of benzene rings is 1. The molecule has 0 N–H and O–H groups in total. The van der Waals surface area contributed by atoms with E-state index in [1.54, 1.807) is 11.5 Å². The van der Waals surface area contributed by atoms with Crippen molar-refractivity contribution in [3.63, 3.8) is 0 Å². The Morgan fingerprint density at radius 2 is 1.97 bits per heavy atom. The molecule has 0 aliphatic carbocycles. The largest absolute Gasteiger partial charge is 0.514 e. The predicted octanol–water partition coefficient (Wildman–Crippen LogP) is 3.55. The van der Waals surface area contributed by atoms with Gasteiger partial charge in [-0.1, -0.05) is 23.7 Å². The van der Waals surface area contributed by atoms with Crippen molar-refractivity contribution in [3.8, 4) is 11.4 Å². The quantitative estimate of drug-likeness (QED) is 0.446. The van der Waals surface area contributed by atoms with E-state index in [0.717, 1.165) is 11.8 Å². The lowest BCUT2D eigenvalue weighted by Crippen LogP contribution is -2.36. The van der Waals surface area contributed by atoms with E-state index in [1.165, 1.54) is 6.20 Å². The molecule has 3 heterocycles. The van der Waals surface area contributed by atoms with Crippen LogP contribution in [0, 0.1) is 5.82 Å². The first-order valence-electron chi connectivity index (χ1n) is 9.67. The Labute approximate surface area is 181 Å². The maximum Gasteiger partial charge on any atom is 0.514 e. The lowest BCUT2D eigenvalue weighted by molar-refractivity contribution is 0.104. The molecule has 0 atom stereocenters. The number of anilines is 1. The maximum atomic E-state index is 14.2. The van der Waals surface area contributed by atoms with Crippen LogP contribution in [0.4, 0.5) is 14.9 Å². The van der Waals surface area contributed by atoms with Crippen molar-refractivity contribution < 1.29 is 23.4 Å². The zero-order chi connectivity index (χ0) is 22.0.